The average Bonchev–Trinajstić information content (AvgIpc) is 2.37. The summed E-state index contributed by atoms with van der Waals surface area (Å²) < 4.78 is 14.1. The van der Waals surface area contributed by atoms with Gasteiger partial charge in [0.05, 0.1) is 10.6 Å². The highest BCUT2D eigenvalue weighted by atomic mass is 35.5. The molecule has 2 aromatic rings. The van der Waals surface area contributed by atoms with E-state index in [-0.39, 0.29) is 5.56 Å². The summed E-state index contributed by atoms with van der Waals surface area (Å²) in [6, 6.07) is 6.23. The van der Waals surface area contributed by atoms with Gasteiger partial charge < -0.3 is 5.73 Å². The molecule has 20 heavy (non-hydrogen) atoms. The van der Waals surface area contributed by atoms with E-state index in [1.54, 1.807) is 19.1 Å². The molecule has 0 aliphatic rings. The van der Waals surface area contributed by atoms with Gasteiger partial charge in [0, 0.05) is 11.3 Å². The summed E-state index contributed by atoms with van der Waals surface area (Å²) >= 11 is 6.10. The molecule has 0 bridgehead atoms. The van der Waals surface area contributed by atoms with Crippen LogP contribution in [0.1, 0.15) is 32.6 Å². The fourth-order valence-corrected chi connectivity index (χ4v) is 2.37. The summed E-state index contributed by atoms with van der Waals surface area (Å²) in [5.74, 6) is -1.01. The molecule has 0 spiro atoms. The molecule has 0 aliphatic heterocycles. The third-order valence-corrected chi connectivity index (χ3v) is 3.66. The molecular weight excluding hydrogens is 277 g/mol. The minimum absolute atomic E-state index is 0.0485. The van der Waals surface area contributed by atoms with Crippen molar-refractivity contribution in [3.05, 3.63) is 62.9 Å². The van der Waals surface area contributed by atoms with Gasteiger partial charge in [0.2, 0.25) is 0 Å². The first kappa shape index (κ1) is 14.5. The van der Waals surface area contributed by atoms with Crippen molar-refractivity contribution < 1.29 is 9.18 Å². The summed E-state index contributed by atoms with van der Waals surface area (Å²) in [4.78, 5) is 12.5. The Morgan fingerprint density at radius 3 is 2.25 bits per heavy atom. The summed E-state index contributed by atoms with van der Waals surface area (Å²) in [6.07, 6.45) is 0. The number of carbonyl (C=O) groups excluding carboxylic acids is 1. The van der Waals surface area contributed by atoms with Crippen molar-refractivity contribution in [2.75, 3.05) is 5.73 Å². The van der Waals surface area contributed by atoms with Crippen molar-refractivity contribution >= 4 is 23.1 Å². The van der Waals surface area contributed by atoms with E-state index in [0.29, 0.717) is 21.8 Å². The van der Waals surface area contributed by atoms with E-state index < -0.39 is 11.6 Å². The standard InChI is InChI=1S/C16H15ClFNO/c1-8-5-12(14(17)6-9(8)2)16(20)13-7-11(19)4-10(3)15(13)18/h4-7H,19H2,1-3H3. The van der Waals surface area contributed by atoms with Crippen LogP contribution in [0.3, 0.4) is 0 Å². The van der Waals surface area contributed by atoms with Gasteiger partial charge in [-0.1, -0.05) is 11.6 Å². The van der Waals surface area contributed by atoms with Gasteiger partial charge in [-0.15, -0.1) is 0 Å². The van der Waals surface area contributed by atoms with Crippen LogP contribution < -0.4 is 5.73 Å². The molecule has 0 fully saturated rings. The lowest BCUT2D eigenvalue weighted by Gasteiger charge is -2.10. The predicted octanol–water partition coefficient (Wildman–Crippen LogP) is 4.22. The number of benzene rings is 2. The molecule has 0 amide bonds. The van der Waals surface area contributed by atoms with E-state index in [4.69, 9.17) is 17.3 Å². The Labute approximate surface area is 122 Å². The van der Waals surface area contributed by atoms with E-state index in [2.05, 4.69) is 0 Å². The Bertz CT molecular complexity index is 710. The van der Waals surface area contributed by atoms with Gasteiger partial charge >= 0.3 is 0 Å². The first-order valence-corrected chi connectivity index (χ1v) is 6.56. The van der Waals surface area contributed by atoms with Gasteiger partial charge in [-0.3, -0.25) is 4.79 Å². The molecular formula is C16H15ClFNO. The van der Waals surface area contributed by atoms with Crippen LogP contribution in [0.25, 0.3) is 0 Å². The molecule has 2 rings (SSSR count). The molecule has 4 heteroatoms. The number of carbonyl (C=O) groups is 1. The quantitative estimate of drug-likeness (QED) is 0.665. The summed E-state index contributed by atoms with van der Waals surface area (Å²) in [5.41, 5.74) is 8.53. The van der Waals surface area contributed by atoms with Crippen LogP contribution in [0.5, 0.6) is 0 Å². The van der Waals surface area contributed by atoms with Gasteiger partial charge in [-0.25, -0.2) is 4.39 Å². The first-order chi connectivity index (χ1) is 9.31. The van der Waals surface area contributed by atoms with Crippen molar-refractivity contribution in [2.24, 2.45) is 0 Å². The molecule has 104 valence electrons. The largest absolute Gasteiger partial charge is 0.399 e. The van der Waals surface area contributed by atoms with E-state index in [0.717, 1.165) is 11.1 Å². The fourth-order valence-electron chi connectivity index (χ4n) is 2.06. The van der Waals surface area contributed by atoms with Crippen molar-refractivity contribution in [2.45, 2.75) is 20.8 Å². The second-order valence-electron chi connectivity index (χ2n) is 4.94. The highest BCUT2D eigenvalue weighted by Crippen LogP contribution is 2.26. The molecule has 2 aromatic carbocycles. The zero-order valence-electron chi connectivity index (χ0n) is 11.6. The molecule has 0 radical (unpaired) electrons. The van der Waals surface area contributed by atoms with Crippen molar-refractivity contribution in [3.8, 4) is 0 Å². The maximum absolute atomic E-state index is 14.1. The van der Waals surface area contributed by atoms with Crippen LogP contribution in [0.4, 0.5) is 10.1 Å². The smallest absolute Gasteiger partial charge is 0.197 e. The molecule has 0 saturated heterocycles. The van der Waals surface area contributed by atoms with Crippen molar-refractivity contribution in [1.82, 2.24) is 0 Å². The zero-order valence-corrected chi connectivity index (χ0v) is 12.3. The van der Waals surface area contributed by atoms with Crippen molar-refractivity contribution in [3.63, 3.8) is 0 Å². The maximum atomic E-state index is 14.1. The van der Waals surface area contributed by atoms with Crippen LogP contribution in [0.2, 0.25) is 5.02 Å². The van der Waals surface area contributed by atoms with Gasteiger partial charge in [0.1, 0.15) is 5.82 Å². The minimum Gasteiger partial charge on any atom is -0.399 e. The maximum Gasteiger partial charge on any atom is 0.197 e. The first-order valence-electron chi connectivity index (χ1n) is 6.18. The van der Waals surface area contributed by atoms with Crippen LogP contribution in [0, 0.1) is 26.6 Å². The van der Waals surface area contributed by atoms with E-state index >= 15 is 0 Å². The third kappa shape index (κ3) is 2.54. The van der Waals surface area contributed by atoms with E-state index in [1.165, 1.54) is 12.1 Å². The molecule has 0 unspecified atom stereocenters. The number of aryl methyl sites for hydroxylation is 3. The molecule has 0 aliphatic carbocycles. The lowest BCUT2D eigenvalue weighted by atomic mass is 9.97. The number of nitrogens with two attached hydrogens (primary N) is 1. The summed E-state index contributed by atoms with van der Waals surface area (Å²) in [5, 5.41) is 0.317. The lowest BCUT2D eigenvalue weighted by molar-refractivity contribution is 0.103. The molecule has 0 aromatic heterocycles. The topological polar surface area (TPSA) is 43.1 Å². The van der Waals surface area contributed by atoms with Gasteiger partial charge in [0.25, 0.3) is 0 Å². The van der Waals surface area contributed by atoms with Gasteiger partial charge in [-0.2, -0.15) is 0 Å². The fraction of sp³-hybridized carbons (Fsp3) is 0.188. The van der Waals surface area contributed by atoms with Crippen LogP contribution in [0.15, 0.2) is 24.3 Å². The predicted molar refractivity (Wildman–Crippen MR) is 79.9 cm³/mol. The molecule has 0 atom stereocenters. The number of nitrogen functional groups attached to an aromatic ring is 1. The zero-order chi connectivity index (χ0) is 15.0. The van der Waals surface area contributed by atoms with Gasteiger partial charge in [-0.05, 0) is 61.7 Å². The number of ketones is 1. The SMILES string of the molecule is Cc1cc(Cl)c(C(=O)c2cc(N)cc(C)c2F)cc1C. The third-order valence-electron chi connectivity index (χ3n) is 3.35. The van der Waals surface area contributed by atoms with E-state index in [9.17, 15) is 9.18 Å². The Balaban J connectivity index is 2.60. The normalized spacial score (nSPS) is 10.7. The Morgan fingerprint density at radius 1 is 1.00 bits per heavy atom. The van der Waals surface area contributed by atoms with Crippen LogP contribution >= 0.6 is 11.6 Å². The van der Waals surface area contributed by atoms with E-state index in [1.807, 2.05) is 13.8 Å². The second-order valence-corrected chi connectivity index (χ2v) is 5.35. The van der Waals surface area contributed by atoms with Gasteiger partial charge in [0.15, 0.2) is 5.78 Å². The summed E-state index contributed by atoms with van der Waals surface area (Å²) in [7, 11) is 0. The highest BCUT2D eigenvalue weighted by molar-refractivity contribution is 6.35. The average molecular weight is 292 g/mol. The number of halogens is 2. The van der Waals surface area contributed by atoms with Crippen molar-refractivity contribution in [1.29, 1.82) is 0 Å². The monoisotopic (exact) mass is 291 g/mol. The lowest BCUT2D eigenvalue weighted by Crippen LogP contribution is -2.08. The number of rotatable bonds is 2. The Kier molecular flexibility index (Phi) is 3.82. The highest BCUT2D eigenvalue weighted by Gasteiger charge is 2.19. The van der Waals surface area contributed by atoms with Crippen LogP contribution in [-0.4, -0.2) is 5.78 Å². The minimum atomic E-state index is -0.557. The number of hydrogen-bond acceptors (Lipinski definition) is 2. The Hall–Kier alpha value is -1.87. The molecule has 0 heterocycles. The molecule has 0 saturated carbocycles. The van der Waals surface area contributed by atoms with Crippen LogP contribution in [-0.2, 0) is 0 Å². The summed E-state index contributed by atoms with van der Waals surface area (Å²) in [6.45, 7) is 5.36. The Morgan fingerprint density at radius 2 is 1.60 bits per heavy atom. The molecule has 2 nitrogen and oxygen atoms in total. The molecule has 2 N–H and O–H groups in total. The second kappa shape index (κ2) is 5.25. The number of hydrogen-bond donors (Lipinski definition) is 1. The number of anilines is 1.